The molecule has 8 N–H and O–H groups in total. The van der Waals surface area contributed by atoms with Crippen LogP contribution in [-0.2, 0) is 19.4 Å². The molecule has 0 saturated carbocycles. The van der Waals surface area contributed by atoms with Crippen LogP contribution in [0.5, 0.6) is 0 Å². The van der Waals surface area contributed by atoms with E-state index in [1.54, 1.807) is 0 Å². The molecular formula is C12H23N7O5S. The molecule has 0 saturated heterocycles. The van der Waals surface area contributed by atoms with Crippen LogP contribution in [0.4, 0.5) is 4.79 Å². The van der Waals surface area contributed by atoms with Crippen molar-refractivity contribution in [1.29, 1.82) is 0 Å². The number of carbonyl (C=O) groups is 3. The lowest BCUT2D eigenvalue weighted by Crippen LogP contribution is -2.58. The molecule has 0 spiro atoms. The highest BCUT2D eigenvalue weighted by Crippen LogP contribution is 2.07. The molecule has 2 atom stereocenters. The maximum absolute atomic E-state index is 12.2. The first-order valence-corrected chi connectivity index (χ1v) is 9.21. The van der Waals surface area contributed by atoms with Crippen molar-refractivity contribution < 1.29 is 22.8 Å². The minimum absolute atomic E-state index is 0.0230. The lowest BCUT2D eigenvalue weighted by atomic mass is 10.1. The Morgan fingerprint density at radius 1 is 1.48 bits per heavy atom. The summed E-state index contributed by atoms with van der Waals surface area (Å²) in [5, 5.41) is 4.43. The fraction of sp³-hybridized carbons (Fsp3) is 0.667. The number of aliphatic imine (C=N–C) groups is 1. The van der Waals surface area contributed by atoms with E-state index >= 15 is 0 Å². The molecule has 13 heteroatoms. The second-order valence-electron chi connectivity index (χ2n) is 5.56. The molecule has 0 radical (unpaired) electrons. The van der Waals surface area contributed by atoms with Crippen molar-refractivity contribution in [2.75, 3.05) is 31.6 Å². The van der Waals surface area contributed by atoms with Gasteiger partial charge in [0, 0.05) is 26.1 Å². The number of guanidine groups is 1. The van der Waals surface area contributed by atoms with Gasteiger partial charge in [0.15, 0.2) is 9.84 Å². The van der Waals surface area contributed by atoms with E-state index in [-0.39, 0.29) is 37.0 Å². The minimum Gasteiger partial charge on any atom is -0.351 e. The number of primary amides is 1. The van der Waals surface area contributed by atoms with E-state index in [0.717, 1.165) is 4.90 Å². The Balaban J connectivity index is 2.63. The summed E-state index contributed by atoms with van der Waals surface area (Å²) < 4.78 is 23.3. The van der Waals surface area contributed by atoms with Gasteiger partial charge in [0.05, 0.1) is 18.1 Å². The zero-order chi connectivity index (χ0) is 19.2. The molecule has 0 aliphatic carbocycles. The van der Waals surface area contributed by atoms with Gasteiger partial charge in [-0.25, -0.2) is 18.2 Å². The number of amides is 4. The quantitative estimate of drug-likeness (QED) is 0.297. The molecule has 1 unspecified atom stereocenters. The molecule has 4 amide bonds. The number of sulfone groups is 1. The molecule has 142 valence electrons. The van der Waals surface area contributed by atoms with Gasteiger partial charge in [-0.3, -0.25) is 20.2 Å². The van der Waals surface area contributed by atoms with Gasteiger partial charge in [0.25, 0.3) is 5.91 Å². The van der Waals surface area contributed by atoms with Crippen LogP contribution < -0.4 is 27.8 Å². The van der Waals surface area contributed by atoms with Crippen molar-refractivity contribution in [2.24, 2.45) is 22.2 Å². The van der Waals surface area contributed by atoms with E-state index in [1.165, 1.54) is 7.05 Å². The Hall–Kier alpha value is -2.25. The second-order valence-corrected chi connectivity index (χ2v) is 7.78. The van der Waals surface area contributed by atoms with Crippen molar-refractivity contribution >= 4 is 33.6 Å². The summed E-state index contributed by atoms with van der Waals surface area (Å²) in [6, 6.07) is -2.70. The molecule has 0 fully saturated rings. The van der Waals surface area contributed by atoms with E-state index < -0.39 is 39.8 Å². The Labute approximate surface area is 145 Å². The molecule has 0 aromatic carbocycles. The van der Waals surface area contributed by atoms with Gasteiger partial charge in [-0.15, -0.1) is 0 Å². The molecule has 0 aromatic rings. The van der Waals surface area contributed by atoms with Crippen molar-refractivity contribution in [1.82, 2.24) is 15.5 Å². The standard InChI is InChI=1S/C12H23N7O5S/c1-19(8-5-16-12(17-10(8)21)18-11(15)22)9(20)4-7(14)6-25(23,24)3-2-13/h7-8H,2-6,13-14H2,1H3,(H4,15,16,17,18,21,22)/t7-,8?/m1/s1. The van der Waals surface area contributed by atoms with Crippen molar-refractivity contribution in [3.05, 3.63) is 0 Å². The van der Waals surface area contributed by atoms with Gasteiger partial charge < -0.3 is 22.1 Å². The maximum Gasteiger partial charge on any atom is 0.318 e. The van der Waals surface area contributed by atoms with Crippen molar-refractivity contribution in [2.45, 2.75) is 18.5 Å². The number of hydrogen-bond acceptors (Lipinski definition) is 8. The number of carbonyl (C=O) groups excluding carboxylic acids is 3. The Morgan fingerprint density at radius 2 is 2.12 bits per heavy atom. The molecular weight excluding hydrogens is 354 g/mol. The smallest absolute Gasteiger partial charge is 0.318 e. The Bertz CT molecular complexity index is 663. The predicted octanol–water partition coefficient (Wildman–Crippen LogP) is -3.94. The number of urea groups is 1. The van der Waals surface area contributed by atoms with Crippen molar-refractivity contribution in [3.63, 3.8) is 0 Å². The number of hydrogen-bond donors (Lipinski definition) is 5. The highest BCUT2D eigenvalue weighted by Gasteiger charge is 2.31. The van der Waals surface area contributed by atoms with Crippen LogP contribution in [0.1, 0.15) is 6.42 Å². The summed E-state index contributed by atoms with van der Waals surface area (Å²) in [6.45, 7) is -0.102. The third kappa shape index (κ3) is 6.64. The summed E-state index contributed by atoms with van der Waals surface area (Å²) in [5.74, 6) is -1.73. The van der Waals surface area contributed by atoms with Gasteiger partial charge in [0.1, 0.15) is 6.04 Å². The van der Waals surface area contributed by atoms with Crippen LogP contribution in [0, 0.1) is 0 Å². The molecule has 25 heavy (non-hydrogen) atoms. The van der Waals surface area contributed by atoms with Crippen LogP contribution in [-0.4, -0.2) is 80.8 Å². The number of nitrogens with two attached hydrogens (primary N) is 3. The largest absolute Gasteiger partial charge is 0.351 e. The first-order valence-electron chi connectivity index (χ1n) is 7.39. The highest BCUT2D eigenvalue weighted by molar-refractivity contribution is 7.91. The molecule has 1 aliphatic rings. The van der Waals surface area contributed by atoms with Crippen LogP contribution in [0.25, 0.3) is 0 Å². The van der Waals surface area contributed by atoms with E-state index in [2.05, 4.69) is 15.6 Å². The summed E-state index contributed by atoms with van der Waals surface area (Å²) in [4.78, 5) is 40.0. The van der Waals surface area contributed by atoms with Crippen LogP contribution >= 0.6 is 0 Å². The summed E-state index contributed by atoms with van der Waals surface area (Å²) in [7, 11) is -2.05. The Morgan fingerprint density at radius 3 is 2.64 bits per heavy atom. The van der Waals surface area contributed by atoms with Crippen LogP contribution in [0.2, 0.25) is 0 Å². The first-order chi connectivity index (χ1) is 11.6. The lowest BCUT2D eigenvalue weighted by Gasteiger charge is -2.30. The lowest BCUT2D eigenvalue weighted by molar-refractivity contribution is -0.138. The van der Waals surface area contributed by atoms with E-state index in [1.807, 2.05) is 0 Å². The highest BCUT2D eigenvalue weighted by atomic mass is 32.2. The average Bonchev–Trinajstić information content (AvgIpc) is 2.44. The second kappa shape index (κ2) is 8.73. The first kappa shape index (κ1) is 20.8. The molecule has 1 rings (SSSR count). The van der Waals surface area contributed by atoms with Crippen LogP contribution in [0.15, 0.2) is 4.99 Å². The molecule has 1 aliphatic heterocycles. The molecule has 1 heterocycles. The van der Waals surface area contributed by atoms with E-state index in [0.29, 0.717) is 0 Å². The average molecular weight is 377 g/mol. The fourth-order valence-electron chi connectivity index (χ4n) is 2.18. The predicted molar refractivity (Wildman–Crippen MR) is 90.0 cm³/mol. The summed E-state index contributed by atoms with van der Waals surface area (Å²) in [6.07, 6.45) is -0.250. The number of rotatable bonds is 7. The van der Waals surface area contributed by atoms with Gasteiger partial charge in [0.2, 0.25) is 11.9 Å². The maximum atomic E-state index is 12.2. The number of likely N-dealkylation sites (N-methyl/N-ethyl adjacent to an activating group) is 1. The zero-order valence-corrected chi connectivity index (χ0v) is 14.6. The number of nitrogens with one attached hydrogen (secondary N) is 2. The number of nitrogens with zero attached hydrogens (tertiary/aromatic N) is 2. The van der Waals surface area contributed by atoms with E-state index in [9.17, 15) is 22.8 Å². The minimum atomic E-state index is -3.43. The van der Waals surface area contributed by atoms with Gasteiger partial charge in [-0.1, -0.05) is 0 Å². The topological polar surface area (TPSA) is 203 Å². The zero-order valence-electron chi connectivity index (χ0n) is 13.8. The SMILES string of the molecule is CN(C(=O)C[C@@H](N)CS(=O)(=O)CCN)C1CN=C(NC(N)=O)NC1=O. The fourth-order valence-corrected chi connectivity index (χ4v) is 3.47. The van der Waals surface area contributed by atoms with Gasteiger partial charge in [-0.05, 0) is 0 Å². The third-order valence-corrected chi connectivity index (χ3v) is 5.20. The van der Waals surface area contributed by atoms with Gasteiger partial charge >= 0.3 is 6.03 Å². The monoisotopic (exact) mass is 377 g/mol. The summed E-state index contributed by atoms with van der Waals surface area (Å²) >= 11 is 0. The van der Waals surface area contributed by atoms with Crippen molar-refractivity contribution in [3.8, 4) is 0 Å². The summed E-state index contributed by atoms with van der Waals surface area (Å²) in [5.41, 5.74) is 15.8. The molecule has 0 aromatic heterocycles. The van der Waals surface area contributed by atoms with Crippen LogP contribution in [0.3, 0.4) is 0 Å². The molecule has 12 nitrogen and oxygen atoms in total. The normalized spacial score (nSPS) is 18.8. The molecule has 0 bridgehead atoms. The van der Waals surface area contributed by atoms with Gasteiger partial charge in [-0.2, -0.15) is 0 Å². The van der Waals surface area contributed by atoms with E-state index in [4.69, 9.17) is 17.2 Å². The Kier molecular flexibility index (Phi) is 7.26. The third-order valence-electron chi connectivity index (χ3n) is 3.40.